The molecule has 2 heterocycles. The second-order valence-electron chi connectivity index (χ2n) is 9.31. The third kappa shape index (κ3) is 4.12. The SMILES string of the molecule is COc1cc2oc(=O)c(C(=O)Nc3c(C)n(C)n(-c4ccccc4)c3=O)cc2cc1C1CCCCC1. The number of benzene rings is 2. The van der Waals surface area contributed by atoms with Gasteiger partial charge in [0.1, 0.15) is 22.6 Å². The van der Waals surface area contributed by atoms with Crippen molar-refractivity contribution in [1.29, 1.82) is 0 Å². The van der Waals surface area contributed by atoms with Gasteiger partial charge in [0.05, 0.1) is 18.5 Å². The predicted octanol–water partition coefficient (Wildman–Crippen LogP) is 4.90. The summed E-state index contributed by atoms with van der Waals surface area (Å²) in [5.74, 6) is 0.369. The molecule has 36 heavy (non-hydrogen) atoms. The van der Waals surface area contributed by atoms with Gasteiger partial charge in [-0.25, -0.2) is 9.48 Å². The van der Waals surface area contributed by atoms with Crippen molar-refractivity contribution in [3.8, 4) is 11.4 Å². The molecule has 0 unspecified atom stereocenters. The van der Waals surface area contributed by atoms with E-state index >= 15 is 0 Å². The van der Waals surface area contributed by atoms with Crippen LogP contribution in [0.15, 0.2) is 62.5 Å². The first kappa shape index (κ1) is 23.7. The van der Waals surface area contributed by atoms with Gasteiger partial charge in [-0.3, -0.25) is 14.3 Å². The minimum absolute atomic E-state index is 0.114. The number of ether oxygens (including phenoxy) is 1. The van der Waals surface area contributed by atoms with Crippen molar-refractivity contribution in [3.63, 3.8) is 0 Å². The summed E-state index contributed by atoms with van der Waals surface area (Å²) in [4.78, 5) is 39.1. The lowest BCUT2D eigenvalue weighted by molar-refractivity contribution is 0.102. The predicted molar refractivity (Wildman–Crippen MR) is 139 cm³/mol. The third-order valence-electron chi connectivity index (χ3n) is 7.17. The molecule has 0 aliphatic heterocycles. The average molecular weight is 488 g/mol. The van der Waals surface area contributed by atoms with Crippen molar-refractivity contribution in [3.05, 3.63) is 86.1 Å². The number of rotatable bonds is 5. The number of hydrogen-bond acceptors (Lipinski definition) is 5. The van der Waals surface area contributed by atoms with Gasteiger partial charge >= 0.3 is 5.63 Å². The fourth-order valence-corrected chi connectivity index (χ4v) is 5.13. The van der Waals surface area contributed by atoms with E-state index in [-0.39, 0.29) is 16.8 Å². The standard InChI is InChI=1S/C28H29N3O5/c1-17-25(27(33)31(30(17)2)20-12-8-5-9-13-20)29-26(32)22-15-19-14-21(18-10-6-4-7-11-18)24(35-3)16-23(19)36-28(22)34/h5,8-9,12-16,18H,4,6-7,10-11H2,1-3H3,(H,29,32). The van der Waals surface area contributed by atoms with E-state index in [2.05, 4.69) is 5.32 Å². The van der Waals surface area contributed by atoms with Crippen LogP contribution in [0.25, 0.3) is 16.7 Å². The first-order chi connectivity index (χ1) is 17.4. The van der Waals surface area contributed by atoms with Crippen molar-refractivity contribution in [2.75, 3.05) is 12.4 Å². The number of anilines is 1. The molecule has 0 saturated heterocycles. The molecule has 0 radical (unpaired) electrons. The van der Waals surface area contributed by atoms with Crippen LogP contribution in [0.5, 0.6) is 5.75 Å². The molecule has 5 rings (SSSR count). The quantitative estimate of drug-likeness (QED) is 0.404. The number of nitrogens with one attached hydrogen (secondary N) is 1. The lowest BCUT2D eigenvalue weighted by Gasteiger charge is -2.24. The highest BCUT2D eigenvalue weighted by molar-refractivity contribution is 6.05. The molecular formula is C28H29N3O5. The maximum atomic E-state index is 13.2. The highest BCUT2D eigenvalue weighted by Crippen LogP contribution is 2.39. The van der Waals surface area contributed by atoms with Crippen LogP contribution < -0.4 is 21.2 Å². The molecule has 0 atom stereocenters. The van der Waals surface area contributed by atoms with Gasteiger partial charge in [-0.05, 0) is 55.5 Å². The van der Waals surface area contributed by atoms with Gasteiger partial charge in [0.15, 0.2) is 0 Å². The molecule has 1 aliphatic rings. The Kier molecular flexibility index (Phi) is 6.26. The number of fused-ring (bicyclic) bond motifs is 1. The number of aromatic nitrogens is 2. The van der Waals surface area contributed by atoms with Crippen molar-refractivity contribution in [2.24, 2.45) is 7.05 Å². The molecule has 2 aromatic carbocycles. The highest BCUT2D eigenvalue weighted by Gasteiger charge is 2.24. The summed E-state index contributed by atoms with van der Waals surface area (Å²) in [6, 6.07) is 14.4. The van der Waals surface area contributed by atoms with E-state index in [0.29, 0.717) is 34.0 Å². The minimum atomic E-state index is -0.774. The van der Waals surface area contributed by atoms with Gasteiger partial charge in [-0.1, -0.05) is 37.5 Å². The summed E-state index contributed by atoms with van der Waals surface area (Å²) in [6.07, 6.45) is 5.72. The van der Waals surface area contributed by atoms with Crippen LogP contribution in [-0.4, -0.2) is 22.4 Å². The average Bonchev–Trinajstić information content (AvgIpc) is 3.11. The van der Waals surface area contributed by atoms with Gasteiger partial charge in [0.25, 0.3) is 11.5 Å². The lowest BCUT2D eigenvalue weighted by Crippen LogP contribution is -2.25. The summed E-state index contributed by atoms with van der Waals surface area (Å²) in [5, 5.41) is 3.30. The zero-order chi connectivity index (χ0) is 25.4. The van der Waals surface area contributed by atoms with Gasteiger partial charge in [0.2, 0.25) is 0 Å². The van der Waals surface area contributed by atoms with Crippen LogP contribution in [0, 0.1) is 6.92 Å². The van der Waals surface area contributed by atoms with Gasteiger partial charge < -0.3 is 14.5 Å². The Bertz CT molecular complexity index is 1560. The van der Waals surface area contributed by atoms with Gasteiger partial charge in [0, 0.05) is 18.5 Å². The van der Waals surface area contributed by atoms with E-state index in [1.807, 2.05) is 36.4 Å². The Morgan fingerprint density at radius 1 is 1.06 bits per heavy atom. The molecule has 1 amide bonds. The Balaban J connectivity index is 1.53. The van der Waals surface area contributed by atoms with Crippen molar-refractivity contribution in [2.45, 2.75) is 44.9 Å². The van der Waals surface area contributed by atoms with E-state index in [0.717, 1.165) is 18.4 Å². The van der Waals surface area contributed by atoms with Crippen LogP contribution >= 0.6 is 0 Å². The molecule has 2 aromatic heterocycles. The first-order valence-electron chi connectivity index (χ1n) is 12.2. The lowest BCUT2D eigenvalue weighted by atomic mass is 9.83. The first-order valence-corrected chi connectivity index (χ1v) is 12.2. The zero-order valence-corrected chi connectivity index (χ0v) is 20.7. The minimum Gasteiger partial charge on any atom is -0.496 e. The van der Waals surface area contributed by atoms with E-state index in [1.165, 1.54) is 30.0 Å². The van der Waals surface area contributed by atoms with E-state index in [4.69, 9.17) is 9.15 Å². The molecule has 8 nitrogen and oxygen atoms in total. The highest BCUT2D eigenvalue weighted by atomic mass is 16.5. The number of amides is 1. The largest absolute Gasteiger partial charge is 0.496 e. The van der Waals surface area contributed by atoms with Crippen LogP contribution in [0.4, 0.5) is 5.69 Å². The van der Waals surface area contributed by atoms with Crippen molar-refractivity contribution < 1.29 is 13.9 Å². The smallest absolute Gasteiger partial charge is 0.349 e. The van der Waals surface area contributed by atoms with Crippen LogP contribution in [-0.2, 0) is 7.05 Å². The van der Waals surface area contributed by atoms with E-state index in [1.54, 1.807) is 31.8 Å². The number of carbonyl (C=O) groups excluding carboxylic acids is 1. The van der Waals surface area contributed by atoms with Gasteiger partial charge in [-0.15, -0.1) is 0 Å². The molecule has 1 N–H and O–H groups in total. The maximum absolute atomic E-state index is 13.2. The summed E-state index contributed by atoms with van der Waals surface area (Å²) in [7, 11) is 3.35. The molecule has 0 bridgehead atoms. The molecule has 1 fully saturated rings. The van der Waals surface area contributed by atoms with Crippen molar-refractivity contribution >= 4 is 22.6 Å². The number of methoxy groups -OCH3 is 1. The maximum Gasteiger partial charge on any atom is 0.349 e. The molecule has 8 heteroatoms. The molecule has 0 spiro atoms. The Hall–Kier alpha value is -4.07. The second-order valence-corrected chi connectivity index (χ2v) is 9.31. The van der Waals surface area contributed by atoms with Crippen LogP contribution in [0.3, 0.4) is 0 Å². The van der Waals surface area contributed by atoms with E-state index in [9.17, 15) is 14.4 Å². The van der Waals surface area contributed by atoms with Gasteiger partial charge in [-0.2, -0.15) is 0 Å². The topological polar surface area (TPSA) is 95.5 Å². The summed E-state index contributed by atoms with van der Waals surface area (Å²) in [5.41, 5.74) is 1.45. The zero-order valence-electron chi connectivity index (χ0n) is 20.7. The second kappa shape index (κ2) is 9.53. The Morgan fingerprint density at radius 3 is 2.47 bits per heavy atom. The Morgan fingerprint density at radius 2 is 1.78 bits per heavy atom. The number of para-hydroxylation sites is 1. The number of hydrogen-bond donors (Lipinski definition) is 1. The third-order valence-corrected chi connectivity index (χ3v) is 7.17. The van der Waals surface area contributed by atoms with E-state index < -0.39 is 11.5 Å². The summed E-state index contributed by atoms with van der Waals surface area (Å²) in [6.45, 7) is 1.74. The summed E-state index contributed by atoms with van der Waals surface area (Å²) >= 11 is 0. The van der Waals surface area contributed by atoms with Crippen LogP contribution in [0.1, 0.15) is 59.6 Å². The monoisotopic (exact) mass is 487 g/mol. The molecule has 1 aliphatic carbocycles. The summed E-state index contributed by atoms with van der Waals surface area (Å²) < 4.78 is 14.2. The molecule has 1 saturated carbocycles. The van der Waals surface area contributed by atoms with Crippen LogP contribution in [0.2, 0.25) is 0 Å². The fourth-order valence-electron chi connectivity index (χ4n) is 5.13. The number of nitrogens with zero attached hydrogens (tertiary/aromatic N) is 2. The number of carbonyl (C=O) groups is 1. The molecule has 186 valence electrons. The normalized spacial score (nSPS) is 14.2. The molecular weight excluding hydrogens is 458 g/mol. The fraction of sp³-hybridized carbons (Fsp3) is 0.321. The Labute approximate surface area is 208 Å². The van der Waals surface area contributed by atoms with Crippen molar-refractivity contribution in [1.82, 2.24) is 9.36 Å². The molecule has 4 aromatic rings.